The molecule has 0 saturated heterocycles. The minimum atomic E-state index is -3.85. The van der Waals surface area contributed by atoms with Gasteiger partial charge in [0.25, 0.3) is 0 Å². The van der Waals surface area contributed by atoms with Crippen molar-refractivity contribution in [1.29, 1.82) is 0 Å². The van der Waals surface area contributed by atoms with Crippen LogP contribution < -0.4 is 0 Å². The summed E-state index contributed by atoms with van der Waals surface area (Å²) < 4.78 is 29.5. The van der Waals surface area contributed by atoms with E-state index in [2.05, 4.69) is 6.58 Å². The van der Waals surface area contributed by atoms with Gasteiger partial charge in [-0.15, -0.1) is 0 Å². The number of allylic oxidation sites excluding steroid dienone is 1. The smallest absolute Gasteiger partial charge is 0.339 e. The molecule has 3 aromatic carbocycles. The van der Waals surface area contributed by atoms with Crippen LogP contribution in [-0.2, 0) is 14.3 Å². The van der Waals surface area contributed by atoms with Gasteiger partial charge in [0.1, 0.15) is 10.7 Å². The van der Waals surface area contributed by atoms with Crippen molar-refractivity contribution in [3.05, 3.63) is 66.9 Å². The van der Waals surface area contributed by atoms with Crippen molar-refractivity contribution in [2.75, 3.05) is 0 Å². The molecular formula is C17H14KO3S. The second kappa shape index (κ2) is 6.82. The average Bonchev–Trinajstić information content (AvgIpc) is 2.43. The van der Waals surface area contributed by atoms with Gasteiger partial charge in [-0.25, -0.2) is 0 Å². The number of fused-ring (bicyclic) bond motifs is 2. The number of rotatable bonds is 3. The van der Waals surface area contributed by atoms with E-state index in [1.807, 2.05) is 42.5 Å². The molecule has 1 radical (unpaired) electrons. The van der Waals surface area contributed by atoms with Crippen molar-refractivity contribution in [3.63, 3.8) is 0 Å². The van der Waals surface area contributed by atoms with Crippen LogP contribution in [0.15, 0.2) is 71.8 Å². The van der Waals surface area contributed by atoms with E-state index >= 15 is 0 Å². The van der Waals surface area contributed by atoms with E-state index in [1.165, 1.54) is 6.92 Å². The summed E-state index contributed by atoms with van der Waals surface area (Å²) in [5, 5.41) is 3.57. The first-order chi connectivity index (χ1) is 9.97. The van der Waals surface area contributed by atoms with Crippen molar-refractivity contribution in [3.8, 4) is 0 Å². The standard InChI is InChI=1S/C17H14O3S.K/c1-12(2)20-21(18,19)17-9-5-8-15-10-13-6-3-4-7-14(13)11-16(15)17;/h3-11H,1H2,2H3;. The molecule has 0 heterocycles. The van der Waals surface area contributed by atoms with Gasteiger partial charge in [-0.3, -0.25) is 0 Å². The molecule has 0 N–H and O–H groups in total. The van der Waals surface area contributed by atoms with E-state index in [4.69, 9.17) is 4.18 Å². The van der Waals surface area contributed by atoms with Crippen LogP contribution in [0.2, 0.25) is 0 Å². The first kappa shape index (κ1) is 17.7. The van der Waals surface area contributed by atoms with E-state index < -0.39 is 10.1 Å². The van der Waals surface area contributed by atoms with Crippen molar-refractivity contribution < 1.29 is 12.6 Å². The van der Waals surface area contributed by atoms with Crippen LogP contribution in [0.1, 0.15) is 6.92 Å². The zero-order valence-electron chi connectivity index (χ0n) is 12.5. The van der Waals surface area contributed by atoms with Crippen LogP contribution in [0.25, 0.3) is 21.5 Å². The molecule has 0 aliphatic heterocycles. The number of hydrogen-bond donors (Lipinski definition) is 0. The predicted molar refractivity (Wildman–Crippen MR) is 90.3 cm³/mol. The fraction of sp³-hybridized carbons (Fsp3) is 0.0588. The maximum atomic E-state index is 12.3. The third-order valence-electron chi connectivity index (χ3n) is 3.23. The summed E-state index contributed by atoms with van der Waals surface area (Å²) in [7, 11) is -3.85. The molecule has 0 atom stereocenters. The van der Waals surface area contributed by atoms with E-state index in [1.54, 1.807) is 12.1 Å². The van der Waals surface area contributed by atoms with Crippen molar-refractivity contribution in [2.24, 2.45) is 0 Å². The number of hydrogen-bond acceptors (Lipinski definition) is 3. The van der Waals surface area contributed by atoms with Gasteiger partial charge in [-0.1, -0.05) is 43.0 Å². The van der Waals surface area contributed by atoms with Gasteiger partial charge in [-0.05, 0) is 41.3 Å². The minimum absolute atomic E-state index is 0. The largest absolute Gasteiger partial charge is 0.384 e. The third-order valence-corrected chi connectivity index (χ3v) is 4.63. The van der Waals surface area contributed by atoms with Crippen LogP contribution in [-0.4, -0.2) is 59.8 Å². The molecule has 5 heteroatoms. The first-order valence-electron chi connectivity index (χ1n) is 6.49. The summed E-state index contributed by atoms with van der Waals surface area (Å²) in [4.78, 5) is 0.161. The molecule has 107 valence electrons. The molecule has 3 rings (SSSR count). The van der Waals surface area contributed by atoms with Gasteiger partial charge in [0.05, 0.1) is 0 Å². The van der Waals surface area contributed by atoms with Crippen LogP contribution in [0.4, 0.5) is 0 Å². The molecule has 0 aliphatic carbocycles. The average molecular weight is 337 g/mol. The normalized spacial score (nSPS) is 11.1. The Bertz CT molecular complexity index is 962. The van der Waals surface area contributed by atoms with E-state index in [-0.39, 0.29) is 62.0 Å². The maximum absolute atomic E-state index is 12.3. The van der Waals surface area contributed by atoms with Crippen LogP contribution in [0, 0.1) is 0 Å². The Kier molecular flexibility index (Phi) is 5.48. The molecule has 3 nitrogen and oxygen atoms in total. The van der Waals surface area contributed by atoms with Crippen LogP contribution in [0.3, 0.4) is 0 Å². The molecule has 0 saturated carbocycles. The summed E-state index contributed by atoms with van der Waals surface area (Å²) in [6.07, 6.45) is 0. The molecule has 3 aromatic rings. The molecular weight excluding hydrogens is 323 g/mol. The molecule has 22 heavy (non-hydrogen) atoms. The molecule has 0 spiro atoms. The Morgan fingerprint density at radius 1 is 0.955 bits per heavy atom. The zero-order valence-corrected chi connectivity index (χ0v) is 16.5. The fourth-order valence-corrected chi connectivity index (χ4v) is 3.54. The summed E-state index contributed by atoms with van der Waals surface area (Å²) in [5.74, 6) is 0.146. The quantitative estimate of drug-likeness (QED) is 0.315. The van der Waals surface area contributed by atoms with Gasteiger partial charge < -0.3 is 4.18 Å². The predicted octanol–water partition coefficient (Wildman–Crippen LogP) is 3.85. The third kappa shape index (κ3) is 3.45. The minimum Gasteiger partial charge on any atom is -0.384 e. The summed E-state index contributed by atoms with van der Waals surface area (Å²) in [6, 6.07) is 16.8. The van der Waals surface area contributed by atoms with Gasteiger partial charge in [0, 0.05) is 56.8 Å². The van der Waals surface area contributed by atoms with Gasteiger partial charge in [-0.2, -0.15) is 8.42 Å². The molecule has 0 unspecified atom stereocenters. The topological polar surface area (TPSA) is 43.4 Å². The van der Waals surface area contributed by atoms with Gasteiger partial charge in [0.2, 0.25) is 0 Å². The Balaban J connectivity index is 0.00000176. The Morgan fingerprint density at radius 2 is 1.55 bits per heavy atom. The molecule has 0 bridgehead atoms. The Labute approximate surface area is 172 Å². The number of benzene rings is 3. The van der Waals surface area contributed by atoms with E-state index in [0.29, 0.717) is 5.39 Å². The van der Waals surface area contributed by atoms with Crippen LogP contribution >= 0.6 is 0 Å². The van der Waals surface area contributed by atoms with Gasteiger partial charge in [0.15, 0.2) is 0 Å². The van der Waals surface area contributed by atoms with E-state index in [0.717, 1.165) is 16.2 Å². The van der Waals surface area contributed by atoms with Crippen LogP contribution in [0.5, 0.6) is 0 Å². The van der Waals surface area contributed by atoms with Gasteiger partial charge >= 0.3 is 10.1 Å². The summed E-state index contributed by atoms with van der Waals surface area (Å²) >= 11 is 0. The second-order valence-corrected chi connectivity index (χ2v) is 6.43. The summed E-state index contributed by atoms with van der Waals surface area (Å²) in [5.41, 5.74) is 0. The zero-order chi connectivity index (χ0) is 15.0. The summed E-state index contributed by atoms with van der Waals surface area (Å²) in [6.45, 7) is 5.01. The fourth-order valence-electron chi connectivity index (χ4n) is 2.39. The molecule has 0 amide bonds. The second-order valence-electron chi connectivity index (χ2n) is 4.92. The van der Waals surface area contributed by atoms with Crippen molar-refractivity contribution in [2.45, 2.75) is 11.8 Å². The van der Waals surface area contributed by atoms with Crippen molar-refractivity contribution in [1.82, 2.24) is 0 Å². The molecule has 0 aromatic heterocycles. The van der Waals surface area contributed by atoms with E-state index in [9.17, 15) is 8.42 Å². The molecule has 0 aliphatic rings. The molecule has 0 fully saturated rings. The van der Waals surface area contributed by atoms with Crippen molar-refractivity contribution >= 4 is 83.0 Å². The Hall–Kier alpha value is -0.694. The first-order valence-corrected chi connectivity index (χ1v) is 7.90. The SMILES string of the molecule is C=C(C)OS(=O)(=O)c1cccc2cc3ccccc3cc12.[K]. The Morgan fingerprint density at radius 3 is 2.18 bits per heavy atom. The monoisotopic (exact) mass is 337 g/mol. The maximum Gasteiger partial charge on any atom is 0.339 e.